The van der Waals surface area contributed by atoms with Crippen molar-refractivity contribution in [3.05, 3.63) is 94.8 Å². The highest BCUT2D eigenvalue weighted by atomic mass is 19.4. The first-order chi connectivity index (χ1) is 18.5. The Bertz CT molecular complexity index is 1350. The molecule has 0 spiro atoms. The lowest BCUT2D eigenvalue weighted by Crippen LogP contribution is -2.47. The number of alkyl halides is 3. The molecule has 3 aromatic rings. The molecular weight excluding hydrogens is 520 g/mol. The van der Waals surface area contributed by atoms with Gasteiger partial charge in [-0.15, -0.1) is 0 Å². The second kappa shape index (κ2) is 11.5. The fourth-order valence-corrected chi connectivity index (χ4v) is 4.53. The van der Waals surface area contributed by atoms with Crippen molar-refractivity contribution in [2.75, 3.05) is 6.61 Å². The third-order valence-electron chi connectivity index (χ3n) is 6.40. The van der Waals surface area contributed by atoms with Gasteiger partial charge in [-0.2, -0.15) is 13.2 Å². The van der Waals surface area contributed by atoms with E-state index in [1.165, 1.54) is 0 Å². The zero-order chi connectivity index (χ0) is 28.2. The average molecular weight is 545 g/mol. The molecule has 0 heterocycles. The summed E-state index contributed by atoms with van der Waals surface area (Å²) in [5.74, 6) is -3.73. The summed E-state index contributed by atoms with van der Waals surface area (Å²) in [6.45, 7) is -0.443. The smallest absolute Gasteiger partial charge is 0.419 e. The van der Waals surface area contributed by atoms with Gasteiger partial charge in [0.05, 0.1) is 5.56 Å². The van der Waals surface area contributed by atoms with Gasteiger partial charge in [-0.1, -0.05) is 54.6 Å². The number of nitrogens with one attached hydrogen (secondary N) is 2. The Morgan fingerprint density at radius 2 is 1.56 bits per heavy atom. The zero-order valence-electron chi connectivity index (χ0n) is 20.4. The number of carboxylic acid groups (broad SMARTS) is 1. The molecule has 1 aliphatic rings. The van der Waals surface area contributed by atoms with Gasteiger partial charge in [0.15, 0.2) is 0 Å². The predicted octanol–water partition coefficient (Wildman–Crippen LogP) is 5.23. The van der Waals surface area contributed by atoms with Gasteiger partial charge in [0, 0.05) is 18.9 Å². The number of carbonyl (C=O) groups excluding carboxylic acids is 2. The van der Waals surface area contributed by atoms with Crippen molar-refractivity contribution in [2.45, 2.75) is 37.5 Å². The molecule has 0 radical (unpaired) electrons. The van der Waals surface area contributed by atoms with Crippen LogP contribution in [-0.2, 0) is 27.0 Å². The number of alkyl carbamates (subject to hydrolysis) is 1. The van der Waals surface area contributed by atoms with E-state index in [0.717, 1.165) is 28.3 Å². The second-order valence-corrected chi connectivity index (χ2v) is 8.98. The number of ether oxygens (including phenoxy) is 1. The van der Waals surface area contributed by atoms with E-state index in [9.17, 15) is 31.9 Å². The predicted molar refractivity (Wildman–Crippen MR) is 132 cm³/mol. The van der Waals surface area contributed by atoms with Crippen molar-refractivity contribution in [1.82, 2.24) is 10.6 Å². The van der Waals surface area contributed by atoms with E-state index in [1.807, 2.05) is 48.5 Å². The fourth-order valence-electron chi connectivity index (χ4n) is 4.53. The first-order valence-corrected chi connectivity index (χ1v) is 12.0. The number of halogens is 4. The Morgan fingerprint density at radius 1 is 0.949 bits per heavy atom. The van der Waals surface area contributed by atoms with Crippen LogP contribution in [0.3, 0.4) is 0 Å². The molecular formula is C28H24F4N2O5. The van der Waals surface area contributed by atoms with E-state index >= 15 is 0 Å². The minimum Gasteiger partial charge on any atom is -0.481 e. The highest BCUT2D eigenvalue weighted by Gasteiger charge is 2.34. The number of hydrogen-bond acceptors (Lipinski definition) is 4. The summed E-state index contributed by atoms with van der Waals surface area (Å²) in [5.41, 5.74) is 2.49. The van der Waals surface area contributed by atoms with Crippen LogP contribution in [0.15, 0.2) is 66.7 Å². The number of amides is 2. The number of rotatable bonds is 9. The molecule has 1 aliphatic carbocycles. The molecule has 0 aliphatic heterocycles. The van der Waals surface area contributed by atoms with Crippen molar-refractivity contribution in [3.63, 3.8) is 0 Å². The molecule has 0 bridgehead atoms. The lowest BCUT2D eigenvalue weighted by atomic mass is 9.98. The highest BCUT2D eigenvalue weighted by molar-refractivity contribution is 5.86. The number of carbonyl (C=O) groups is 3. The van der Waals surface area contributed by atoms with Gasteiger partial charge < -0.3 is 20.5 Å². The third-order valence-corrected chi connectivity index (χ3v) is 6.40. The van der Waals surface area contributed by atoms with E-state index in [0.29, 0.717) is 12.1 Å². The molecule has 0 saturated carbocycles. The minimum atomic E-state index is -4.92. The molecule has 0 saturated heterocycles. The van der Waals surface area contributed by atoms with Gasteiger partial charge in [0.1, 0.15) is 18.5 Å². The van der Waals surface area contributed by atoms with E-state index in [-0.39, 0.29) is 24.5 Å². The average Bonchev–Trinajstić information content (AvgIpc) is 3.22. The Hall–Kier alpha value is -4.41. The van der Waals surface area contributed by atoms with E-state index < -0.39 is 54.5 Å². The monoisotopic (exact) mass is 544 g/mol. The van der Waals surface area contributed by atoms with Crippen LogP contribution in [0.25, 0.3) is 11.1 Å². The number of benzene rings is 3. The Labute approximate surface area is 220 Å². The van der Waals surface area contributed by atoms with Crippen molar-refractivity contribution in [2.24, 2.45) is 0 Å². The summed E-state index contributed by atoms with van der Waals surface area (Å²) in [6.07, 6.45) is -6.62. The summed E-state index contributed by atoms with van der Waals surface area (Å²) in [5, 5.41) is 13.7. The molecule has 4 rings (SSSR count). The lowest BCUT2D eigenvalue weighted by Gasteiger charge is -2.19. The standard InChI is InChI=1S/C28H24F4N2O5/c29-23-10-9-16(13-22(23)28(30,31)32)14-33-26(37)24(11-12-25(35)36)34-27(38)39-15-21-19-7-3-1-5-17(19)18-6-2-4-8-20(18)21/h1-10,13,21,24H,11-12,14-15H2,(H,33,37)(H,34,38)(H,35,36)/t24-/m0/s1. The minimum absolute atomic E-state index is 0.0322. The van der Waals surface area contributed by atoms with Crippen LogP contribution in [0.1, 0.15) is 41.0 Å². The summed E-state index contributed by atoms with van der Waals surface area (Å²) in [6, 6.07) is 16.3. The quantitative estimate of drug-likeness (QED) is 0.320. The lowest BCUT2D eigenvalue weighted by molar-refractivity contribution is -0.140. The Morgan fingerprint density at radius 3 is 2.15 bits per heavy atom. The highest BCUT2D eigenvalue weighted by Crippen LogP contribution is 2.44. The van der Waals surface area contributed by atoms with E-state index in [1.54, 1.807) is 0 Å². The number of aliphatic carboxylic acids is 1. The van der Waals surface area contributed by atoms with Gasteiger partial charge in [-0.25, -0.2) is 9.18 Å². The molecule has 0 fully saturated rings. The van der Waals surface area contributed by atoms with Gasteiger partial charge in [-0.05, 0) is 46.4 Å². The third kappa shape index (κ3) is 6.54. The first kappa shape index (κ1) is 27.6. The molecule has 39 heavy (non-hydrogen) atoms. The first-order valence-electron chi connectivity index (χ1n) is 12.0. The van der Waals surface area contributed by atoms with Crippen LogP contribution in [0.2, 0.25) is 0 Å². The molecule has 204 valence electrons. The van der Waals surface area contributed by atoms with Crippen LogP contribution in [0.4, 0.5) is 22.4 Å². The normalized spacial score (nSPS) is 13.2. The second-order valence-electron chi connectivity index (χ2n) is 8.98. The molecule has 3 N–H and O–H groups in total. The van der Waals surface area contributed by atoms with Crippen molar-refractivity contribution >= 4 is 18.0 Å². The number of fused-ring (bicyclic) bond motifs is 3. The van der Waals surface area contributed by atoms with Gasteiger partial charge in [0.25, 0.3) is 0 Å². The van der Waals surface area contributed by atoms with Crippen LogP contribution >= 0.6 is 0 Å². The molecule has 7 nitrogen and oxygen atoms in total. The van der Waals surface area contributed by atoms with Gasteiger partial charge >= 0.3 is 18.2 Å². The SMILES string of the molecule is O=C(O)CC[C@H](NC(=O)OCC1c2ccccc2-c2ccccc21)C(=O)NCc1ccc(F)c(C(F)(F)F)c1. The summed E-state index contributed by atoms with van der Waals surface area (Å²) in [4.78, 5) is 36.4. The van der Waals surface area contributed by atoms with E-state index in [2.05, 4.69) is 10.6 Å². The molecule has 3 aromatic carbocycles. The Kier molecular flexibility index (Phi) is 8.18. The maximum atomic E-state index is 13.5. The molecule has 2 amide bonds. The molecule has 1 atom stereocenters. The molecule has 11 heteroatoms. The van der Waals surface area contributed by atoms with E-state index in [4.69, 9.17) is 9.84 Å². The number of hydrogen-bond donors (Lipinski definition) is 3. The summed E-state index contributed by atoms with van der Waals surface area (Å²) >= 11 is 0. The molecule has 0 aromatic heterocycles. The zero-order valence-corrected chi connectivity index (χ0v) is 20.4. The summed E-state index contributed by atoms with van der Waals surface area (Å²) < 4.78 is 57.9. The largest absolute Gasteiger partial charge is 0.481 e. The molecule has 0 unspecified atom stereocenters. The van der Waals surface area contributed by atoms with Gasteiger partial charge in [0.2, 0.25) is 5.91 Å². The van der Waals surface area contributed by atoms with Crippen molar-refractivity contribution in [1.29, 1.82) is 0 Å². The summed E-state index contributed by atoms with van der Waals surface area (Å²) in [7, 11) is 0. The topological polar surface area (TPSA) is 105 Å². The Balaban J connectivity index is 1.40. The van der Waals surface area contributed by atoms with Crippen molar-refractivity contribution in [3.8, 4) is 11.1 Å². The van der Waals surface area contributed by atoms with Crippen molar-refractivity contribution < 1.29 is 41.8 Å². The van der Waals surface area contributed by atoms with Gasteiger partial charge in [-0.3, -0.25) is 9.59 Å². The van der Waals surface area contributed by atoms with Crippen LogP contribution in [-0.4, -0.2) is 35.7 Å². The number of carboxylic acids is 1. The van der Waals surface area contributed by atoms with Crippen LogP contribution in [0, 0.1) is 5.82 Å². The maximum absolute atomic E-state index is 13.5. The van der Waals surface area contributed by atoms with Crippen LogP contribution < -0.4 is 10.6 Å². The maximum Gasteiger partial charge on any atom is 0.419 e. The fraction of sp³-hybridized carbons (Fsp3) is 0.250. The van der Waals surface area contributed by atoms with Crippen LogP contribution in [0.5, 0.6) is 0 Å².